The lowest BCUT2D eigenvalue weighted by Crippen LogP contribution is -3.14. The van der Waals surface area contributed by atoms with Gasteiger partial charge >= 0.3 is 0 Å². The second-order valence-electron chi connectivity index (χ2n) is 9.08. The lowest BCUT2D eigenvalue weighted by Gasteiger charge is -2.29. The van der Waals surface area contributed by atoms with Crippen LogP contribution in [0.4, 0.5) is 0 Å². The number of Topliss-reactive ketones (excluding diaryl/α,β-unsaturated/α-hetero) is 1. The van der Waals surface area contributed by atoms with Gasteiger partial charge in [-0.05, 0) is 41.8 Å². The topological polar surface area (TPSA) is 92.6 Å². The van der Waals surface area contributed by atoms with Crippen molar-refractivity contribution in [3.8, 4) is 11.5 Å². The summed E-state index contributed by atoms with van der Waals surface area (Å²) in [7, 11) is 1.55. The van der Waals surface area contributed by atoms with Gasteiger partial charge in [0.1, 0.15) is 24.6 Å². The van der Waals surface area contributed by atoms with Crippen molar-refractivity contribution in [3.63, 3.8) is 0 Å². The van der Waals surface area contributed by atoms with Gasteiger partial charge in [0.15, 0.2) is 0 Å². The van der Waals surface area contributed by atoms with Crippen molar-refractivity contribution < 1.29 is 33.8 Å². The van der Waals surface area contributed by atoms with E-state index in [9.17, 15) is 14.7 Å². The van der Waals surface area contributed by atoms with E-state index < -0.39 is 23.5 Å². The number of ketones is 1. The number of morpholine rings is 1. The smallest absolute Gasteiger partial charge is 0.295 e. The van der Waals surface area contributed by atoms with Crippen molar-refractivity contribution in [2.45, 2.75) is 25.8 Å². The van der Waals surface area contributed by atoms with E-state index in [-0.39, 0.29) is 5.57 Å². The predicted octanol–water partition coefficient (Wildman–Crippen LogP) is 1.01. The van der Waals surface area contributed by atoms with Crippen molar-refractivity contribution in [3.05, 3.63) is 65.2 Å². The summed E-state index contributed by atoms with van der Waals surface area (Å²) in [5, 5.41) is 13.5. The Hall–Kier alpha value is -3.36. The van der Waals surface area contributed by atoms with Gasteiger partial charge in [0.25, 0.3) is 5.91 Å². The standard InChI is InChI=1S/C28H34N2O6/c1-3-17-36-23-11-5-20(6-12-23)25-24(26(31)21-7-9-22(34-2)10-8-21)27(32)28(33)30(25)14-4-13-29-15-18-35-19-16-29/h5-12,25,31H,3-4,13-19H2,1-2H3/b26-24+. The molecule has 1 unspecified atom stereocenters. The highest BCUT2D eigenvalue weighted by molar-refractivity contribution is 6.46. The number of rotatable bonds is 10. The Morgan fingerprint density at radius 3 is 2.36 bits per heavy atom. The van der Waals surface area contributed by atoms with Crippen LogP contribution in [0.5, 0.6) is 11.5 Å². The molecule has 2 heterocycles. The van der Waals surface area contributed by atoms with Gasteiger partial charge in [-0.25, -0.2) is 0 Å². The van der Waals surface area contributed by atoms with Crippen LogP contribution in [0.15, 0.2) is 54.1 Å². The van der Waals surface area contributed by atoms with E-state index in [0.29, 0.717) is 35.8 Å². The Labute approximate surface area is 212 Å². The summed E-state index contributed by atoms with van der Waals surface area (Å²) in [6.45, 7) is 7.24. The van der Waals surface area contributed by atoms with Crippen LogP contribution in [0.25, 0.3) is 5.76 Å². The van der Waals surface area contributed by atoms with Gasteiger partial charge in [-0.15, -0.1) is 0 Å². The van der Waals surface area contributed by atoms with Crippen molar-refractivity contribution in [2.24, 2.45) is 0 Å². The summed E-state index contributed by atoms with van der Waals surface area (Å²) in [6, 6.07) is 13.2. The molecule has 0 bridgehead atoms. The zero-order chi connectivity index (χ0) is 25.5. The Morgan fingerprint density at radius 1 is 1.06 bits per heavy atom. The maximum Gasteiger partial charge on any atom is 0.295 e. The van der Waals surface area contributed by atoms with E-state index in [1.165, 1.54) is 4.90 Å². The first-order chi connectivity index (χ1) is 17.5. The summed E-state index contributed by atoms with van der Waals surface area (Å²) >= 11 is 0. The van der Waals surface area contributed by atoms with Gasteiger partial charge in [-0.3, -0.25) is 9.59 Å². The molecular formula is C28H34N2O6. The summed E-state index contributed by atoms with van der Waals surface area (Å²) in [5.41, 5.74) is 1.05. The fourth-order valence-electron chi connectivity index (χ4n) is 4.72. The van der Waals surface area contributed by atoms with Crippen LogP contribution in [0.2, 0.25) is 0 Å². The van der Waals surface area contributed by atoms with E-state index in [2.05, 4.69) is 0 Å². The average Bonchev–Trinajstić information content (AvgIpc) is 3.17. The van der Waals surface area contributed by atoms with Crippen molar-refractivity contribution in [2.75, 3.05) is 53.1 Å². The largest absolute Gasteiger partial charge is 0.872 e. The molecule has 192 valence electrons. The number of carbonyl (C=O) groups is 2. The molecular weight excluding hydrogens is 460 g/mol. The van der Waals surface area contributed by atoms with Gasteiger partial charge in [-0.1, -0.05) is 36.9 Å². The minimum Gasteiger partial charge on any atom is -0.872 e. The number of methoxy groups -OCH3 is 1. The van der Waals surface area contributed by atoms with E-state index in [4.69, 9.17) is 14.2 Å². The number of nitrogens with one attached hydrogen (secondary N) is 1. The van der Waals surface area contributed by atoms with Gasteiger partial charge in [-0.2, -0.15) is 0 Å². The quantitative estimate of drug-likeness (QED) is 0.301. The first-order valence-corrected chi connectivity index (χ1v) is 12.6. The number of quaternary nitrogens is 1. The molecule has 0 aromatic heterocycles. The Balaban J connectivity index is 1.65. The minimum absolute atomic E-state index is 0.00823. The lowest BCUT2D eigenvalue weighted by atomic mass is 9.95. The van der Waals surface area contributed by atoms with Crippen molar-refractivity contribution in [1.82, 2.24) is 4.90 Å². The third-order valence-electron chi connectivity index (χ3n) is 6.68. The maximum absolute atomic E-state index is 13.5. The van der Waals surface area contributed by atoms with Gasteiger partial charge in [0.2, 0.25) is 5.78 Å². The van der Waals surface area contributed by atoms with Crippen LogP contribution in [-0.4, -0.2) is 69.7 Å². The van der Waals surface area contributed by atoms with Crippen LogP contribution in [-0.2, 0) is 14.3 Å². The van der Waals surface area contributed by atoms with Crippen LogP contribution in [0.3, 0.4) is 0 Å². The average molecular weight is 495 g/mol. The monoisotopic (exact) mass is 494 g/mol. The summed E-state index contributed by atoms with van der Waals surface area (Å²) in [4.78, 5) is 29.3. The van der Waals surface area contributed by atoms with Gasteiger partial charge in [0, 0.05) is 18.5 Å². The van der Waals surface area contributed by atoms with E-state index in [1.807, 2.05) is 31.2 Å². The summed E-state index contributed by atoms with van der Waals surface area (Å²) < 4.78 is 16.3. The third kappa shape index (κ3) is 5.71. The Morgan fingerprint density at radius 2 is 1.72 bits per heavy atom. The Bertz CT molecular complexity index is 1070. The molecule has 2 aromatic rings. The molecule has 1 atom stereocenters. The third-order valence-corrected chi connectivity index (χ3v) is 6.68. The first-order valence-electron chi connectivity index (χ1n) is 12.6. The molecule has 1 N–H and O–H groups in total. The molecule has 8 heteroatoms. The number of ether oxygens (including phenoxy) is 3. The number of hydrogen-bond acceptors (Lipinski definition) is 6. The fourth-order valence-corrected chi connectivity index (χ4v) is 4.72. The van der Waals surface area contributed by atoms with Gasteiger partial charge < -0.3 is 29.1 Å². The predicted molar refractivity (Wildman–Crippen MR) is 133 cm³/mol. The molecule has 8 nitrogen and oxygen atoms in total. The highest BCUT2D eigenvalue weighted by Gasteiger charge is 2.44. The number of likely N-dealkylation sites (tertiary alicyclic amines) is 1. The zero-order valence-electron chi connectivity index (χ0n) is 21.0. The van der Waals surface area contributed by atoms with Crippen molar-refractivity contribution >= 4 is 17.4 Å². The molecule has 0 spiro atoms. The minimum atomic E-state index is -0.737. The normalized spacial score (nSPS) is 20.1. The Kier molecular flexibility index (Phi) is 8.61. The number of amides is 1. The van der Waals surface area contributed by atoms with Crippen LogP contribution in [0, 0.1) is 0 Å². The number of nitrogens with zero attached hydrogens (tertiary/aromatic N) is 1. The molecule has 0 saturated carbocycles. The summed E-state index contributed by atoms with van der Waals surface area (Å²) in [5.74, 6) is -0.474. The van der Waals surface area contributed by atoms with Crippen LogP contribution >= 0.6 is 0 Å². The molecule has 0 radical (unpaired) electrons. The maximum atomic E-state index is 13.5. The SMILES string of the molecule is CCCOc1ccc(C2/C(=C(\[O-])c3ccc(OC)cc3)C(=O)C(=O)N2CCC[NH+]2CCOCC2)cc1. The van der Waals surface area contributed by atoms with Gasteiger partial charge in [0.05, 0.1) is 39.5 Å². The number of hydrogen-bond donors (Lipinski definition) is 1. The molecule has 2 aromatic carbocycles. The molecule has 2 saturated heterocycles. The molecule has 0 aliphatic carbocycles. The second kappa shape index (κ2) is 12.1. The molecule has 2 fully saturated rings. The number of benzene rings is 2. The van der Waals surface area contributed by atoms with Crippen molar-refractivity contribution in [1.29, 1.82) is 0 Å². The number of carbonyl (C=O) groups excluding carboxylic acids is 2. The zero-order valence-corrected chi connectivity index (χ0v) is 21.0. The molecule has 1 amide bonds. The molecule has 2 aliphatic rings. The molecule has 2 aliphatic heterocycles. The second-order valence-corrected chi connectivity index (χ2v) is 9.08. The van der Waals surface area contributed by atoms with Crippen LogP contribution < -0.4 is 19.5 Å². The highest BCUT2D eigenvalue weighted by atomic mass is 16.5. The van der Waals surface area contributed by atoms with Crippen LogP contribution in [0.1, 0.15) is 36.9 Å². The fraction of sp³-hybridized carbons (Fsp3) is 0.429. The highest BCUT2D eigenvalue weighted by Crippen LogP contribution is 2.39. The molecule has 4 rings (SSSR count). The lowest BCUT2D eigenvalue weighted by molar-refractivity contribution is -0.908. The van der Waals surface area contributed by atoms with E-state index in [1.54, 1.807) is 36.3 Å². The van der Waals surface area contributed by atoms with E-state index >= 15 is 0 Å². The first kappa shape index (κ1) is 25.7. The molecule has 36 heavy (non-hydrogen) atoms. The summed E-state index contributed by atoms with van der Waals surface area (Å²) in [6.07, 6.45) is 1.62. The van der Waals surface area contributed by atoms with E-state index in [0.717, 1.165) is 45.7 Å².